The summed E-state index contributed by atoms with van der Waals surface area (Å²) in [5.74, 6) is -0.0321. The maximum absolute atomic E-state index is 14.2. The molecule has 2 aliphatic rings. The van der Waals surface area contributed by atoms with Gasteiger partial charge in [0.15, 0.2) is 0 Å². The second-order valence-corrected chi connectivity index (χ2v) is 7.57. The average molecular weight is 357 g/mol. The molecule has 2 heterocycles. The lowest BCUT2D eigenvalue weighted by atomic mass is 9.88. The van der Waals surface area contributed by atoms with E-state index in [0.717, 1.165) is 55.7 Å². The maximum Gasteiger partial charge on any atom is 0.134 e. The predicted molar refractivity (Wildman–Crippen MR) is 98.8 cm³/mol. The molecule has 0 amide bonds. The highest BCUT2D eigenvalue weighted by molar-refractivity contribution is 5.66. The lowest BCUT2D eigenvalue weighted by Crippen LogP contribution is -2.38. The molecule has 2 aromatic rings. The van der Waals surface area contributed by atoms with E-state index in [9.17, 15) is 8.78 Å². The van der Waals surface area contributed by atoms with Crippen LogP contribution in [0.4, 0.5) is 8.78 Å². The largest absolute Gasteiger partial charge is 0.302 e. The van der Waals surface area contributed by atoms with Crippen molar-refractivity contribution in [3.05, 3.63) is 53.9 Å². The summed E-state index contributed by atoms with van der Waals surface area (Å²) in [6.07, 6.45) is 12.1. The minimum absolute atomic E-state index is 0.310. The van der Waals surface area contributed by atoms with Crippen LogP contribution < -0.4 is 0 Å². The topological polar surface area (TPSA) is 31.9 Å². The van der Waals surface area contributed by atoms with Crippen molar-refractivity contribution < 1.29 is 8.78 Å². The van der Waals surface area contributed by atoms with Gasteiger partial charge in [-0.15, -0.1) is 0 Å². The average Bonchev–Trinajstić information content (AvgIpc) is 3.12. The number of rotatable bonds is 4. The van der Waals surface area contributed by atoms with Gasteiger partial charge in [-0.1, -0.05) is 12.2 Å². The van der Waals surface area contributed by atoms with E-state index in [1.54, 1.807) is 6.20 Å². The number of piperidine rings is 1. The van der Waals surface area contributed by atoms with E-state index in [4.69, 9.17) is 0 Å². The van der Waals surface area contributed by atoms with E-state index in [-0.39, 0.29) is 0 Å². The quantitative estimate of drug-likeness (QED) is 0.790. The van der Waals surface area contributed by atoms with Crippen molar-refractivity contribution in [2.24, 2.45) is 5.92 Å². The number of allylic oxidation sites excluding steroid dienone is 2. The summed E-state index contributed by atoms with van der Waals surface area (Å²) in [6.45, 7) is 3.23. The van der Waals surface area contributed by atoms with E-state index in [0.29, 0.717) is 11.5 Å². The number of aromatic nitrogens is 2. The molecule has 1 saturated heterocycles. The van der Waals surface area contributed by atoms with Crippen LogP contribution in [0.5, 0.6) is 0 Å². The molecule has 138 valence electrons. The van der Waals surface area contributed by atoms with E-state index in [2.05, 4.69) is 27.2 Å². The Labute approximate surface area is 153 Å². The number of benzene rings is 1. The van der Waals surface area contributed by atoms with Crippen LogP contribution in [0.2, 0.25) is 0 Å². The van der Waals surface area contributed by atoms with Crippen LogP contribution in [-0.4, -0.2) is 34.7 Å². The van der Waals surface area contributed by atoms with Gasteiger partial charge in [0.05, 0.1) is 6.20 Å². The first-order valence-corrected chi connectivity index (χ1v) is 9.56. The van der Waals surface area contributed by atoms with Crippen LogP contribution in [0, 0.1) is 17.6 Å². The van der Waals surface area contributed by atoms with Crippen molar-refractivity contribution in [1.29, 1.82) is 0 Å². The van der Waals surface area contributed by atoms with Gasteiger partial charge >= 0.3 is 0 Å². The second-order valence-electron chi connectivity index (χ2n) is 7.57. The minimum Gasteiger partial charge on any atom is -0.302 e. The molecular formula is C21H25F2N3. The molecule has 0 radical (unpaired) electrons. The number of hydrogen-bond acceptors (Lipinski definition) is 2. The van der Waals surface area contributed by atoms with Crippen LogP contribution in [-0.2, 0) is 0 Å². The first-order chi connectivity index (χ1) is 12.7. The van der Waals surface area contributed by atoms with Gasteiger partial charge in [-0.05, 0) is 56.7 Å². The molecule has 2 atom stereocenters. The molecule has 5 heteroatoms. The van der Waals surface area contributed by atoms with Crippen LogP contribution in [0.3, 0.4) is 0 Å². The van der Waals surface area contributed by atoms with E-state index < -0.39 is 11.6 Å². The van der Waals surface area contributed by atoms with Crippen molar-refractivity contribution in [3.63, 3.8) is 0 Å². The summed E-state index contributed by atoms with van der Waals surface area (Å²) in [5, 5.41) is 7.26. The van der Waals surface area contributed by atoms with E-state index >= 15 is 0 Å². The van der Waals surface area contributed by atoms with Crippen molar-refractivity contribution in [2.75, 3.05) is 19.6 Å². The number of aromatic amines is 1. The Bertz CT molecular complexity index is 783. The monoisotopic (exact) mass is 357 g/mol. The Hall–Kier alpha value is -2.01. The van der Waals surface area contributed by atoms with Crippen LogP contribution >= 0.6 is 0 Å². The Morgan fingerprint density at radius 1 is 1.15 bits per heavy atom. The first kappa shape index (κ1) is 17.4. The molecule has 0 unspecified atom stereocenters. The highest BCUT2D eigenvalue weighted by Crippen LogP contribution is 2.35. The molecule has 1 fully saturated rings. The van der Waals surface area contributed by atoms with Crippen molar-refractivity contribution in [3.8, 4) is 11.1 Å². The fourth-order valence-electron chi connectivity index (χ4n) is 4.37. The van der Waals surface area contributed by atoms with E-state index in [1.807, 2.05) is 0 Å². The summed E-state index contributed by atoms with van der Waals surface area (Å²) in [5.41, 5.74) is 2.16. The van der Waals surface area contributed by atoms with Gasteiger partial charge in [-0.2, -0.15) is 5.10 Å². The number of hydrogen-bond donors (Lipinski definition) is 1. The number of nitrogens with one attached hydrogen (secondary N) is 1. The number of nitrogens with zero attached hydrogens (tertiary/aromatic N) is 2. The van der Waals surface area contributed by atoms with Crippen molar-refractivity contribution in [2.45, 2.75) is 38.0 Å². The molecule has 0 bridgehead atoms. The first-order valence-electron chi connectivity index (χ1n) is 9.56. The van der Waals surface area contributed by atoms with Crippen LogP contribution in [0.1, 0.15) is 43.7 Å². The number of likely N-dealkylation sites (tertiary alicyclic amines) is 1. The standard InChI is InChI=1S/C21H25F2N3/c22-17-8-9-18(20(23)11-17)19-12-24-25-21(19)16-7-4-10-26(14-16)13-15-5-2-1-3-6-15/h1-2,8-9,11-12,15-16H,3-7,10,13-14H2,(H,24,25)/t15-,16-/m0/s1. The highest BCUT2D eigenvalue weighted by atomic mass is 19.1. The second kappa shape index (κ2) is 7.70. The van der Waals surface area contributed by atoms with E-state index in [1.165, 1.54) is 31.4 Å². The van der Waals surface area contributed by atoms with Gasteiger partial charge in [0.2, 0.25) is 0 Å². The number of halogens is 2. The molecule has 4 rings (SSSR count). The van der Waals surface area contributed by atoms with Crippen molar-refractivity contribution in [1.82, 2.24) is 15.1 Å². The molecule has 1 aromatic carbocycles. The molecule has 1 aliphatic carbocycles. The lowest BCUT2D eigenvalue weighted by molar-refractivity contribution is 0.173. The zero-order valence-corrected chi connectivity index (χ0v) is 14.9. The molecule has 26 heavy (non-hydrogen) atoms. The van der Waals surface area contributed by atoms with Gasteiger partial charge in [0.25, 0.3) is 0 Å². The fourth-order valence-corrected chi connectivity index (χ4v) is 4.37. The molecule has 0 spiro atoms. The normalized spacial score (nSPS) is 24.1. The van der Waals surface area contributed by atoms with Gasteiger partial charge in [-0.25, -0.2) is 8.78 Å². The van der Waals surface area contributed by atoms with Crippen LogP contribution in [0.25, 0.3) is 11.1 Å². The molecule has 0 saturated carbocycles. The van der Waals surface area contributed by atoms with Gasteiger partial charge in [0.1, 0.15) is 11.6 Å². The Morgan fingerprint density at radius 2 is 2.08 bits per heavy atom. The molecule has 1 N–H and O–H groups in total. The molecule has 1 aliphatic heterocycles. The Kier molecular flexibility index (Phi) is 5.16. The number of H-pyrrole nitrogens is 1. The SMILES string of the molecule is Fc1ccc(-c2cn[nH]c2[C@H]2CCCN(C[C@H]3CC=CCC3)C2)c(F)c1. The fraction of sp³-hybridized carbons (Fsp3) is 0.476. The highest BCUT2D eigenvalue weighted by Gasteiger charge is 2.27. The zero-order chi connectivity index (χ0) is 17.9. The van der Waals surface area contributed by atoms with Gasteiger partial charge in [-0.3, -0.25) is 5.10 Å². The Balaban J connectivity index is 1.51. The third-order valence-corrected chi connectivity index (χ3v) is 5.70. The summed E-state index contributed by atoms with van der Waals surface area (Å²) >= 11 is 0. The Morgan fingerprint density at radius 3 is 2.88 bits per heavy atom. The smallest absolute Gasteiger partial charge is 0.134 e. The summed E-state index contributed by atoms with van der Waals surface area (Å²) < 4.78 is 27.5. The zero-order valence-electron chi connectivity index (χ0n) is 14.9. The van der Waals surface area contributed by atoms with Crippen molar-refractivity contribution >= 4 is 0 Å². The minimum atomic E-state index is -0.554. The molecule has 3 nitrogen and oxygen atoms in total. The predicted octanol–water partition coefficient (Wildman–Crippen LogP) is 4.89. The summed E-state index contributed by atoms with van der Waals surface area (Å²) in [6, 6.07) is 3.75. The summed E-state index contributed by atoms with van der Waals surface area (Å²) in [4.78, 5) is 2.55. The molecule has 1 aromatic heterocycles. The molecular weight excluding hydrogens is 332 g/mol. The lowest BCUT2D eigenvalue weighted by Gasteiger charge is -2.35. The van der Waals surface area contributed by atoms with Gasteiger partial charge in [0, 0.05) is 41.9 Å². The van der Waals surface area contributed by atoms with Gasteiger partial charge < -0.3 is 4.90 Å². The van der Waals surface area contributed by atoms with Crippen LogP contribution in [0.15, 0.2) is 36.5 Å². The third-order valence-electron chi connectivity index (χ3n) is 5.70. The maximum atomic E-state index is 14.2. The third kappa shape index (κ3) is 3.73. The summed E-state index contributed by atoms with van der Waals surface area (Å²) in [7, 11) is 0.